The van der Waals surface area contributed by atoms with E-state index in [1.165, 1.54) is 0 Å². The van der Waals surface area contributed by atoms with Gasteiger partial charge in [-0.25, -0.2) is 0 Å². The third-order valence-corrected chi connectivity index (χ3v) is 1.56. The first kappa shape index (κ1) is 10.1. The highest BCUT2D eigenvalue weighted by Gasteiger charge is 2.20. The van der Waals surface area contributed by atoms with Gasteiger partial charge in [-0.2, -0.15) is 0 Å². The van der Waals surface area contributed by atoms with Gasteiger partial charge in [0.2, 0.25) is 0 Å². The van der Waals surface area contributed by atoms with E-state index in [1.807, 2.05) is 6.92 Å². The van der Waals surface area contributed by atoms with Crippen molar-refractivity contribution in [1.82, 2.24) is 0 Å². The molecule has 0 fully saturated rings. The van der Waals surface area contributed by atoms with Crippen LogP contribution >= 0.6 is 0 Å². The highest BCUT2D eigenvalue weighted by molar-refractivity contribution is 5.79. The minimum absolute atomic E-state index is 0.155. The van der Waals surface area contributed by atoms with E-state index in [9.17, 15) is 4.79 Å². The molecule has 0 heterocycles. The van der Waals surface area contributed by atoms with Crippen molar-refractivity contribution in [3.63, 3.8) is 0 Å². The molecule has 11 heavy (non-hydrogen) atoms. The number of aliphatic imine (C=N–C) groups is 1. The maximum absolute atomic E-state index is 10.4. The van der Waals surface area contributed by atoms with Crippen molar-refractivity contribution in [1.29, 1.82) is 0 Å². The Bertz CT molecular complexity index is 157. The Labute approximate surface area is 66.1 Å². The smallest absolute Gasteiger partial charge is 0.321 e. The van der Waals surface area contributed by atoms with Gasteiger partial charge in [0.05, 0.1) is 0 Å². The van der Waals surface area contributed by atoms with Crippen molar-refractivity contribution in [2.45, 2.75) is 19.4 Å². The predicted molar refractivity (Wildman–Crippen MR) is 43.8 cm³/mol. The monoisotopic (exact) mass is 158 g/mol. The zero-order valence-corrected chi connectivity index (χ0v) is 6.82. The van der Waals surface area contributed by atoms with Gasteiger partial charge in [0.15, 0.2) is 0 Å². The van der Waals surface area contributed by atoms with Gasteiger partial charge < -0.3 is 15.8 Å². The van der Waals surface area contributed by atoms with Gasteiger partial charge in [0, 0.05) is 19.2 Å². The summed E-state index contributed by atoms with van der Waals surface area (Å²) in [6.07, 6.45) is 2.28. The minimum Gasteiger partial charge on any atom is -0.480 e. The van der Waals surface area contributed by atoms with Crippen LogP contribution in [0, 0.1) is 5.92 Å². The summed E-state index contributed by atoms with van der Waals surface area (Å²) in [5.41, 5.74) is 5.37. The van der Waals surface area contributed by atoms with E-state index < -0.39 is 12.0 Å². The van der Waals surface area contributed by atoms with E-state index in [0.717, 1.165) is 0 Å². The molecule has 0 aliphatic heterocycles. The summed E-state index contributed by atoms with van der Waals surface area (Å²) in [5.74, 6) is -1.13. The molecule has 0 aromatic heterocycles. The second-order valence-electron chi connectivity index (χ2n) is 2.34. The molecule has 3 N–H and O–H groups in total. The van der Waals surface area contributed by atoms with E-state index in [-0.39, 0.29) is 5.92 Å². The number of carboxylic acid groups (broad SMARTS) is 1. The van der Waals surface area contributed by atoms with Crippen molar-refractivity contribution in [2.24, 2.45) is 16.6 Å². The first-order valence-corrected chi connectivity index (χ1v) is 3.54. The van der Waals surface area contributed by atoms with Crippen molar-refractivity contribution in [2.75, 3.05) is 7.05 Å². The fraction of sp³-hybridized carbons (Fsp3) is 0.714. The van der Waals surface area contributed by atoms with Gasteiger partial charge in [-0.1, -0.05) is 6.92 Å². The van der Waals surface area contributed by atoms with Gasteiger partial charge in [-0.05, 0) is 6.42 Å². The lowest BCUT2D eigenvalue weighted by atomic mass is 9.99. The molecule has 2 unspecified atom stereocenters. The van der Waals surface area contributed by atoms with Crippen LogP contribution in [0.4, 0.5) is 0 Å². The average molecular weight is 158 g/mol. The van der Waals surface area contributed by atoms with Gasteiger partial charge in [-0.3, -0.25) is 4.79 Å². The third-order valence-electron chi connectivity index (χ3n) is 1.56. The Hall–Kier alpha value is -0.900. The molecule has 0 aliphatic carbocycles. The molecule has 0 radical (unpaired) electrons. The minimum atomic E-state index is -0.975. The molecular formula is C7H14N2O2. The molecule has 0 amide bonds. The SMILES string of the molecule is CCC(/C=N/C)C(N)C(=O)O. The number of rotatable bonds is 4. The Kier molecular flexibility index (Phi) is 4.45. The second kappa shape index (κ2) is 4.85. The maximum Gasteiger partial charge on any atom is 0.321 e. The molecule has 4 heteroatoms. The fourth-order valence-corrected chi connectivity index (χ4v) is 0.827. The largest absolute Gasteiger partial charge is 0.480 e. The number of nitrogens with two attached hydrogens (primary N) is 1. The van der Waals surface area contributed by atoms with Crippen LogP contribution in [0.2, 0.25) is 0 Å². The average Bonchev–Trinajstić information content (AvgIpc) is 1.98. The van der Waals surface area contributed by atoms with Gasteiger partial charge in [0.1, 0.15) is 6.04 Å². The molecule has 0 rings (SSSR count). The molecule has 0 aromatic carbocycles. The quantitative estimate of drug-likeness (QED) is 0.571. The van der Waals surface area contributed by atoms with Gasteiger partial charge in [-0.15, -0.1) is 0 Å². The fourth-order valence-electron chi connectivity index (χ4n) is 0.827. The van der Waals surface area contributed by atoms with Gasteiger partial charge in [0.25, 0.3) is 0 Å². The summed E-state index contributed by atoms with van der Waals surface area (Å²) in [6, 6.07) is -0.830. The highest BCUT2D eigenvalue weighted by Crippen LogP contribution is 2.03. The standard InChI is InChI=1S/C7H14N2O2/c1-3-5(4-9-2)6(8)7(10)11/h4-6H,3,8H2,1-2H3,(H,10,11)/b9-4+. The number of carbonyl (C=O) groups is 1. The molecular weight excluding hydrogens is 144 g/mol. The summed E-state index contributed by atoms with van der Waals surface area (Å²) in [6.45, 7) is 1.88. The first-order valence-electron chi connectivity index (χ1n) is 3.54. The van der Waals surface area contributed by atoms with Crippen LogP contribution in [-0.2, 0) is 4.79 Å². The molecule has 0 saturated carbocycles. The lowest BCUT2D eigenvalue weighted by molar-refractivity contribution is -0.139. The van der Waals surface area contributed by atoms with Crippen molar-refractivity contribution >= 4 is 12.2 Å². The normalized spacial score (nSPS) is 16.6. The summed E-state index contributed by atoms with van der Waals surface area (Å²) in [5, 5.41) is 8.52. The van der Waals surface area contributed by atoms with Crippen molar-refractivity contribution in [3.8, 4) is 0 Å². The van der Waals surface area contributed by atoms with E-state index in [4.69, 9.17) is 10.8 Å². The molecule has 0 aliphatic rings. The lowest BCUT2D eigenvalue weighted by Crippen LogP contribution is -2.38. The predicted octanol–water partition coefficient (Wildman–Crippen LogP) is 0.125. The molecule has 0 saturated heterocycles. The number of hydrogen-bond acceptors (Lipinski definition) is 3. The van der Waals surface area contributed by atoms with Crippen molar-refractivity contribution < 1.29 is 9.90 Å². The topological polar surface area (TPSA) is 75.7 Å². The Morgan fingerprint density at radius 3 is 2.64 bits per heavy atom. The van der Waals surface area contributed by atoms with E-state index >= 15 is 0 Å². The van der Waals surface area contributed by atoms with Crippen molar-refractivity contribution in [3.05, 3.63) is 0 Å². The zero-order valence-electron chi connectivity index (χ0n) is 6.82. The third kappa shape index (κ3) is 3.13. The Morgan fingerprint density at radius 1 is 1.82 bits per heavy atom. The second-order valence-corrected chi connectivity index (χ2v) is 2.34. The molecule has 0 spiro atoms. The van der Waals surface area contributed by atoms with Crippen LogP contribution in [0.5, 0.6) is 0 Å². The van der Waals surface area contributed by atoms with Crippen LogP contribution < -0.4 is 5.73 Å². The van der Waals surface area contributed by atoms with Crippen LogP contribution in [-0.4, -0.2) is 30.4 Å². The molecule has 64 valence electrons. The lowest BCUT2D eigenvalue weighted by Gasteiger charge is -2.13. The molecule has 0 bridgehead atoms. The van der Waals surface area contributed by atoms with E-state index in [0.29, 0.717) is 6.42 Å². The van der Waals surface area contributed by atoms with Crippen LogP contribution in [0.15, 0.2) is 4.99 Å². The highest BCUT2D eigenvalue weighted by atomic mass is 16.4. The number of carboxylic acids is 1. The van der Waals surface area contributed by atoms with Crippen LogP contribution in [0.25, 0.3) is 0 Å². The Balaban J connectivity index is 4.13. The van der Waals surface area contributed by atoms with Crippen LogP contribution in [0.1, 0.15) is 13.3 Å². The molecule has 4 nitrogen and oxygen atoms in total. The summed E-state index contributed by atoms with van der Waals surface area (Å²) in [4.78, 5) is 14.1. The summed E-state index contributed by atoms with van der Waals surface area (Å²) >= 11 is 0. The number of hydrogen-bond donors (Lipinski definition) is 2. The first-order chi connectivity index (χ1) is 5.13. The Morgan fingerprint density at radius 2 is 2.36 bits per heavy atom. The number of aliphatic carboxylic acids is 1. The maximum atomic E-state index is 10.4. The van der Waals surface area contributed by atoms with Crippen LogP contribution in [0.3, 0.4) is 0 Å². The van der Waals surface area contributed by atoms with Gasteiger partial charge >= 0.3 is 5.97 Å². The van der Waals surface area contributed by atoms with E-state index in [2.05, 4.69) is 4.99 Å². The van der Waals surface area contributed by atoms with E-state index in [1.54, 1.807) is 13.3 Å². The molecule has 0 aromatic rings. The summed E-state index contributed by atoms with van der Waals surface area (Å²) < 4.78 is 0. The molecule has 2 atom stereocenters. The number of nitrogens with zero attached hydrogens (tertiary/aromatic N) is 1. The zero-order chi connectivity index (χ0) is 8.85. The summed E-state index contributed by atoms with van der Waals surface area (Å²) in [7, 11) is 1.61.